The number of amides is 2. The second-order valence-electron chi connectivity index (χ2n) is 6.55. The quantitative estimate of drug-likeness (QED) is 0.779. The van der Waals surface area contributed by atoms with Crippen molar-refractivity contribution >= 4 is 12.0 Å². The van der Waals surface area contributed by atoms with E-state index in [0.717, 1.165) is 11.3 Å². The normalized spacial score (nSPS) is 28.8. The molecule has 0 aromatic carbocycles. The topological polar surface area (TPSA) is 49.9 Å². The summed E-state index contributed by atoms with van der Waals surface area (Å²) >= 11 is 0. The van der Waals surface area contributed by atoms with Gasteiger partial charge in [-0.3, -0.25) is 9.69 Å². The van der Waals surface area contributed by atoms with Gasteiger partial charge in [-0.1, -0.05) is 13.8 Å². The zero-order chi connectivity index (χ0) is 17.2. The van der Waals surface area contributed by atoms with Crippen molar-refractivity contribution < 1.29 is 27.5 Å². The van der Waals surface area contributed by atoms with E-state index in [1.807, 2.05) is 0 Å². The van der Waals surface area contributed by atoms with Crippen LogP contribution in [-0.2, 0) is 9.53 Å². The van der Waals surface area contributed by atoms with Gasteiger partial charge in [0.1, 0.15) is 6.04 Å². The molecule has 0 unspecified atom stereocenters. The Morgan fingerprint density at radius 3 is 2.43 bits per heavy atom. The van der Waals surface area contributed by atoms with Gasteiger partial charge in [0.15, 0.2) is 6.61 Å². The van der Waals surface area contributed by atoms with Crippen LogP contribution < -0.4 is 0 Å². The molecule has 2 rings (SSSR count). The fourth-order valence-corrected chi connectivity index (χ4v) is 3.14. The van der Waals surface area contributed by atoms with Crippen molar-refractivity contribution in [3.8, 4) is 0 Å². The minimum Gasteiger partial charge on any atom is -0.440 e. The summed E-state index contributed by atoms with van der Waals surface area (Å²) in [7, 11) is 0. The summed E-state index contributed by atoms with van der Waals surface area (Å²) in [5.74, 6) is 0.737. The average molecular weight is 336 g/mol. The van der Waals surface area contributed by atoms with Gasteiger partial charge in [0.25, 0.3) is 0 Å². The summed E-state index contributed by atoms with van der Waals surface area (Å²) in [5, 5.41) is 0. The van der Waals surface area contributed by atoms with Gasteiger partial charge in [-0.05, 0) is 31.1 Å². The summed E-state index contributed by atoms with van der Waals surface area (Å²) in [6, 6.07) is -0.698. The van der Waals surface area contributed by atoms with Crippen LogP contribution in [0.3, 0.4) is 0 Å². The molecule has 2 aliphatic heterocycles. The average Bonchev–Trinajstić information content (AvgIpc) is 2.95. The molecule has 0 bridgehead atoms. The standard InChI is InChI=1S/C15H23F3N2O3/c1-10-5-7-19(8-11(10)2)13(21)12-4-3-6-20(12)14(22)23-9-15(16,17)18/h10-12H,3-9H2,1-2H3/t10-,11-,12-/m1/s1. The highest BCUT2D eigenvalue weighted by Gasteiger charge is 2.40. The summed E-state index contributed by atoms with van der Waals surface area (Å²) in [4.78, 5) is 27.3. The third kappa shape index (κ3) is 4.51. The van der Waals surface area contributed by atoms with Crippen molar-refractivity contribution in [1.82, 2.24) is 9.80 Å². The molecular formula is C15H23F3N2O3. The maximum atomic E-state index is 12.6. The Balaban J connectivity index is 1.95. The highest BCUT2D eigenvalue weighted by atomic mass is 19.4. The summed E-state index contributed by atoms with van der Waals surface area (Å²) in [5.41, 5.74) is 0. The predicted molar refractivity (Wildman–Crippen MR) is 76.7 cm³/mol. The molecule has 0 saturated carbocycles. The van der Waals surface area contributed by atoms with Crippen LogP contribution in [0.25, 0.3) is 0 Å². The minimum atomic E-state index is -4.56. The smallest absolute Gasteiger partial charge is 0.422 e. The Kier molecular flexibility index (Phi) is 5.41. The first kappa shape index (κ1) is 17.9. The Hall–Kier alpha value is -1.47. The number of alkyl halides is 3. The number of piperidine rings is 1. The fourth-order valence-electron chi connectivity index (χ4n) is 3.14. The second-order valence-corrected chi connectivity index (χ2v) is 6.55. The lowest BCUT2D eigenvalue weighted by Gasteiger charge is -2.37. The minimum absolute atomic E-state index is 0.176. The van der Waals surface area contributed by atoms with E-state index in [4.69, 9.17) is 0 Å². The zero-order valence-electron chi connectivity index (χ0n) is 13.4. The molecule has 0 aromatic rings. The van der Waals surface area contributed by atoms with E-state index in [9.17, 15) is 22.8 Å². The highest BCUT2D eigenvalue weighted by molar-refractivity contribution is 5.86. The number of likely N-dealkylation sites (tertiary alicyclic amines) is 2. The number of hydrogen-bond donors (Lipinski definition) is 0. The molecule has 2 fully saturated rings. The van der Waals surface area contributed by atoms with Crippen molar-refractivity contribution in [2.24, 2.45) is 11.8 Å². The highest BCUT2D eigenvalue weighted by Crippen LogP contribution is 2.27. The van der Waals surface area contributed by atoms with Crippen LogP contribution >= 0.6 is 0 Å². The number of ether oxygens (including phenoxy) is 1. The molecule has 23 heavy (non-hydrogen) atoms. The number of halogens is 3. The Bertz CT molecular complexity index is 456. The molecular weight excluding hydrogens is 313 g/mol. The van der Waals surface area contributed by atoms with Crippen molar-refractivity contribution in [3.05, 3.63) is 0 Å². The SMILES string of the molecule is C[C@@H]1CCN(C(=O)[C@H]2CCCN2C(=O)OCC(F)(F)F)C[C@H]1C. The second kappa shape index (κ2) is 6.97. The van der Waals surface area contributed by atoms with Crippen LogP contribution in [0.2, 0.25) is 0 Å². The molecule has 2 saturated heterocycles. The number of carbonyl (C=O) groups is 2. The first-order chi connectivity index (χ1) is 10.7. The summed E-state index contributed by atoms with van der Waals surface area (Å²) in [6.45, 7) is 4.11. The third-order valence-electron chi connectivity index (χ3n) is 4.78. The summed E-state index contributed by atoms with van der Waals surface area (Å²) < 4.78 is 40.8. The number of hydrogen-bond acceptors (Lipinski definition) is 3. The summed E-state index contributed by atoms with van der Waals surface area (Å²) in [6.07, 6.45) is -3.65. The lowest BCUT2D eigenvalue weighted by Crippen LogP contribution is -2.51. The molecule has 0 spiro atoms. The zero-order valence-corrected chi connectivity index (χ0v) is 13.4. The van der Waals surface area contributed by atoms with Crippen LogP contribution in [0.15, 0.2) is 0 Å². The van der Waals surface area contributed by atoms with Gasteiger partial charge < -0.3 is 9.64 Å². The molecule has 0 radical (unpaired) electrons. The lowest BCUT2D eigenvalue weighted by molar-refractivity contribution is -0.163. The first-order valence-electron chi connectivity index (χ1n) is 7.98. The molecule has 0 aliphatic carbocycles. The van der Waals surface area contributed by atoms with Crippen LogP contribution in [-0.4, -0.2) is 60.3 Å². The molecule has 2 aliphatic rings. The van der Waals surface area contributed by atoms with Gasteiger partial charge in [-0.25, -0.2) is 4.79 Å². The van der Waals surface area contributed by atoms with Crippen LogP contribution in [0.5, 0.6) is 0 Å². The molecule has 2 heterocycles. The Morgan fingerprint density at radius 2 is 1.83 bits per heavy atom. The Morgan fingerprint density at radius 1 is 1.13 bits per heavy atom. The molecule has 3 atom stereocenters. The van der Waals surface area contributed by atoms with Gasteiger partial charge in [0.2, 0.25) is 5.91 Å². The van der Waals surface area contributed by atoms with Gasteiger partial charge in [0.05, 0.1) is 0 Å². The van der Waals surface area contributed by atoms with Crippen LogP contribution in [0.4, 0.5) is 18.0 Å². The van der Waals surface area contributed by atoms with E-state index in [1.54, 1.807) is 4.90 Å². The van der Waals surface area contributed by atoms with E-state index in [2.05, 4.69) is 18.6 Å². The molecule has 0 N–H and O–H groups in total. The van der Waals surface area contributed by atoms with Crippen molar-refractivity contribution in [2.45, 2.75) is 45.3 Å². The number of carbonyl (C=O) groups excluding carboxylic acids is 2. The van der Waals surface area contributed by atoms with E-state index < -0.39 is 24.9 Å². The maximum absolute atomic E-state index is 12.6. The van der Waals surface area contributed by atoms with Gasteiger partial charge in [-0.2, -0.15) is 13.2 Å². The molecule has 5 nitrogen and oxygen atoms in total. The van der Waals surface area contributed by atoms with Crippen molar-refractivity contribution in [2.75, 3.05) is 26.2 Å². The van der Waals surface area contributed by atoms with Gasteiger partial charge in [0, 0.05) is 19.6 Å². The predicted octanol–water partition coefficient (Wildman–Crippen LogP) is 2.65. The van der Waals surface area contributed by atoms with Gasteiger partial charge >= 0.3 is 12.3 Å². The third-order valence-corrected chi connectivity index (χ3v) is 4.78. The number of rotatable bonds is 2. The number of nitrogens with zero attached hydrogens (tertiary/aromatic N) is 2. The molecule has 8 heteroatoms. The molecule has 0 aromatic heterocycles. The monoisotopic (exact) mass is 336 g/mol. The van der Waals surface area contributed by atoms with E-state index in [-0.39, 0.29) is 12.5 Å². The molecule has 2 amide bonds. The fraction of sp³-hybridized carbons (Fsp3) is 0.867. The van der Waals surface area contributed by atoms with E-state index >= 15 is 0 Å². The maximum Gasteiger partial charge on any atom is 0.422 e. The first-order valence-corrected chi connectivity index (χ1v) is 7.98. The Labute approximate surface area is 133 Å². The van der Waals surface area contributed by atoms with Crippen molar-refractivity contribution in [3.63, 3.8) is 0 Å². The van der Waals surface area contributed by atoms with Crippen LogP contribution in [0, 0.1) is 11.8 Å². The van der Waals surface area contributed by atoms with Crippen LogP contribution in [0.1, 0.15) is 33.1 Å². The lowest BCUT2D eigenvalue weighted by atomic mass is 9.88. The largest absolute Gasteiger partial charge is 0.440 e. The van der Waals surface area contributed by atoms with E-state index in [0.29, 0.717) is 37.8 Å². The van der Waals surface area contributed by atoms with Gasteiger partial charge in [-0.15, -0.1) is 0 Å². The molecule has 132 valence electrons. The van der Waals surface area contributed by atoms with Crippen molar-refractivity contribution in [1.29, 1.82) is 0 Å². The van der Waals surface area contributed by atoms with E-state index in [1.165, 1.54) is 0 Å².